The van der Waals surface area contributed by atoms with Crippen molar-refractivity contribution in [3.63, 3.8) is 0 Å². The van der Waals surface area contributed by atoms with Gasteiger partial charge in [0.2, 0.25) is 0 Å². The van der Waals surface area contributed by atoms with Crippen LogP contribution in [0.25, 0.3) is 6.08 Å². The Morgan fingerprint density at radius 3 is 2.52 bits per heavy atom. The molecule has 0 unspecified atom stereocenters. The molecule has 4 heteroatoms. The number of unbranched alkanes of at least 4 members (excludes halogenated alkanes) is 3. The Labute approximate surface area is 160 Å². The number of allylic oxidation sites excluding steroid dienone is 1. The van der Waals surface area contributed by atoms with Crippen molar-refractivity contribution < 1.29 is 0 Å². The van der Waals surface area contributed by atoms with Crippen molar-refractivity contribution in [2.45, 2.75) is 39.0 Å². The van der Waals surface area contributed by atoms with E-state index in [1.807, 2.05) is 60.7 Å². The Kier molecular flexibility index (Phi) is 8.58. The van der Waals surface area contributed by atoms with Gasteiger partial charge in [0.05, 0.1) is 21.4 Å². The molecule has 0 saturated carbocycles. The molecule has 2 nitrogen and oxygen atoms in total. The van der Waals surface area contributed by atoms with Gasteiger partial charge in [-0.1, -0.05) is 79.7 Å². The second-order valence-corrected chi connectivity index (χ2v) is 6.71. The van der Waals surface area contributed by atoms with E-state index < -0.39 is 0 Å². The minimum Gasteiger partial charge on any atom is -0.278 e. The molecule has 0 atom stereocenters. The first-order valence-corrected chi connectivity index (χ1v) is 9.45. The summed E-state index contributed by atoms with van der Waals surface area (Å²) in [6, 6.07) is 15.6. The molecule has 132 valence electrons. The number of halogens is 2. The maximum atomic E-state index is 6.08. The molecule has 2 aromatic carbocycles. The molecular formula is C21H24Cl2N2. The van der Waals surface area contributed by atoms with E-state index in [1.165, 1.54) is 19.3 Å². The van der Waals surface area contributed by atoms with Crippen LogP contribution in [0.1, 0.15) is 44.6 Å². The number of hydrogen-bond acceptors (Lipinski definition) is 2. The van der Waals surface area contributed by atoms with Crippen molar-refractivity contribution in [3.05, 3.63) is 70.2 Å². The molecule has 0 aromatic heterocycles. The van der Waals surface area contributed by atoms with Gasteiger partial charge in [-0.15, -0.1) is 0 Å². The van der Waals surface area contributed by atoms with E-state index in [4.69, 9.17) is 23.2 Å². The molecular weight excluding hydrogens is 351 g/mol. The molecule has 0 heterocycles. The summed E-state index contributed by atoms with van der Waals surface area (Å²) in [7, 11) is 0. The van der Waals surface area contributed by atoms with E-state index in [9.17, 15) is 0 Å². The second-order valence-electron chi connectivity index (χ2n) is 5.90. The average Bonchev–Trinajstić information content (AvgIpc) is 2.64. The highest BCUT2D eigenvalue weighted by molar-refractivity contribution is 6.42. The quantitative estimate of drug-likeness (QED) is 0.275. The maximum absolute atomic E-state index is 6.08. The van der Waals surface area contributed by atoms with Gasteiger partial charge in [-0.25, -0.2) is 0 Å². The van der Waals surface area contributed by atoms with Crippen LogP contribution in [-0.2, 0) is 0 Å². The highest BCUT2D eigenvalue weighted by Crippen LogP contribution is 2.23. The smallest absolute Gasteiger partial charge is 0.0607 e. The van der Waals surface area contributed by atoms with Gasteiger partial charge in [0, 0.05) is 0 Å². The van der Waals surface area contributed by atoms with Crippen LogP contribution in [-0.4, -0.2) is 5.71 Å². The summed E-state index contributed by atoms with van der Waals surface area (Å²) in [6.07, 6.45) is 9.85. The monoisotopic (exact) mass is 374 g/mol. The van der Waals surface area contributed by atoms with Gasteiger partial charge >= 0.3 is 0 Å². The van der Waals surface area contributed by atoms with Crippen molar-refractivity contribution in [1.29, 1.82) is 0 Å². The third kappa shape index (κ3) is 7.33. The number of benzene rings is 2. The predicted octanol–water partition coefficient (Wildman–Crippen LogP) is 7.45. The lowest BCUT2D eigenvalue weighted by atomic mass is 10.1. The lowest BCUT2D eigenvalue weighted by molar-refractivity contribution is 0.683. The molecule has 2 rings (SSSR count). The number of rotatable bonds is 9. The van der Waals surface area contributed by atoms with Crippen molar-refractivity contribution >= 4 is 40.7 Å². The summed E-state index contributed by atoms with van der Waals surface area (Å²) < 4.78 is 0. The molecule has 0 bridgehead atoms. The zero-order valence-corrected chi connectivity index (χ0v) is 16.0. The van der Waals surface area contributed by atoms with Crippen LogP contribution in [0.15, 0.2) is 59.7 Å². The second kappa shape index (κ2) is 11.0. The normalized spacial score (nSPS) is 11.9. The molecule has 0 radical (unpaired) electrons. The number of hydrogen-bond donors (Lipinski definition) is 1. The molecule has 0 saturated heterocycles. The lowest BCUT2D eigenvalue weighted by Crippen LogP contribution is -1.99. The first-order valence-electron chi connectivity index (χ1n) is 8.70. The molecule has 0 aliphatic heterocycles. The summed E-state index contributed by atoms with van der Waals surface area (Å²) in [4.78, 5) is 0. The molecule has 2 aromatic rings. The van der Waals surface area contributed by atoms with Crippen LogP contribution >= 0.6 is 23.2 Å². The summed E-state index contributed by atoms with van der Waals surface area (Å²) in [5.74, 6) is 0. The zero-order chi connectivity index (χ0) is 17.9. The van der Waals surface area contributed by atoms with Crippen molar-refractivity contribution in [2.75, 3.05) is 5.43 Å². The maximum Gasteiger partial charge on any atom is 0.0607 e. The fourth-order valence-electron chi connectivity index (χ4n) is 2.37. The first-order chi connectivity index (χ1) is 12.2. The van der Waals surface area contributed by atoms with Gasteiger partial charge in [0.1, 0.15) is 0 Å². The van der Waals surface area contributed by atoms with E-state index in [-0.39, 0.29) is 0 Å². The third-order valence-electron chi connectivity index (χ3n) is 3.80. The molecule has 0 aliphatic carbocycles. The number of anilines is 1. The molecule has 0 spiro atoms. The highest BCUT2D eigenvalue weighted by atomic mass is 35.5. The summed E-state index contributed by atoms with van der Waals surface area (Å²) in [5, 5.41) is 5.70. The minimum absolute atomic E-state index is 0.563. The zero-order valence-electron chi connectivity index (χ0n) is 14.5. The summed E-state index contributed by atoms with van der Waals surface area (Å²) in [5.41, 5.74) is 6.14. The van der Waals surface area contributed by atoms with Gasteiger partial charge < -0.3 is 0 Å². The van der Waals surface area contributed by atoms with E-state index >= 15 is 0 Å². The van der Waals surface area contributed by atoms with Gasteiger partial charge in [-0.05, 0) is 48.7 Å². The van der Waals surface area contributed by atoms with Gasteiger partial charge in [0.15, 0.2) is 0 Å². The van der Waals surface area contributed by atoms with Gasteiger partial charge in [-0.2, -0.15) is 5.10 Å². The van der Waals surface area contributed by atoms with Crippen molar-refractivity contribution in [2.24, 2.45) is 5.10 Å². The number of nitrogens with one attached hydrogen (secondary N) is 1. The van der Waals surface area contributed by atoms with Crippen LogP contribution in [0.3, 0.4) is 0 Å². The predicted molar refractivity (Wildman–Crippen MR) is 112 cm³/mol. The third-order valence-corrected chi connectivity index (χ3v) is 4.54. The lowest BCUT2D eigenvalue weighted by Gasteiger charge is -2.05. The molecule has 1 N–H and O–H groups in total. The molecule has 25 heavy (non-hydrogen) atoms. The first kappa shape index (κ1) is 19.6. The van der Waals surface area contributed by atoms with Crippen molar-refractivity contribution in [3.8, 4) is 0 Å². The topological polar surface area (TPSA) is 24.4 Å². The Morgan fingerprint density at radius 1 is 1.00 bits per heavy atom. The Balaban J connectivity index is 2.06. The van der Waals surface area contributed by atoms with Crippen LogP contribution < -0.4 is 5.43 Å². The standard InChI is InChI=1S/C21H24Cl2N2/c1-2-3-4-6-11-19(25-24-18-9-7-5-8-10-18)14-12-17-13-15-20(22)21(23)16-17/h5,7-10,12-16,24H,2-4,6,11H2,1H3/b14-12-,25-19-. The van der Waals surface area contributed by atoms with E-state index in [1.54, 1.807) is 0 Å². The number of para-hydroxylation sites is 1. The fraction of sp³-hybridized carbons (Fsp3) is 0.286. The largest absolute Gasteiger partial charge is 0.278 e. The fourth-order valence-corrected chi connectivity index (χ4v) is 2.67. The molecule has 0 amide bonds. The van der Waals surface area contributed by atoms with Gasteiger partial charge in [-0.3, -0.25) is 5.43 Å². The van der Waals surface area contributed by atoms with Gasteiger partial charge in [0.25, 0.3) is 0 Å². The summed E-state index contributed by atoms with van der Waals surface area (Å²) >= 11 is 12.0. The Morgan fingerprint density at radius 2 is 1.80 bits per heavy atom. The van der Waals surface area contributed by atoms with Crippen molar-refractivity contribution in [1.82, 2.24) is 0 Å². The Hall–Kier alpha value is -1.77. The average molecular weight is 375 g/mol. The number of hydrazone groups is 1. The minimum atomic E-state index is 0.563. The number of nitrogens with zero attached hydrogens (tertiary/aromatic N) is 1. The SMILES string of the molecule is CCCCCCC(/C=C\c1ccc(Cl)c(Cl)c1)=N/Nc1ccccc1. The van der Waals surface area contributed by atoms with E-state index in [0.29, 0.717) is 10.0 Å². The summed E-state index contributed by atoms with van der Waals surface area (Å²) in [6.45, 7) is 2.22. The molecule has 0 fully saturated rings. The van der Waals surface area contributed by atoms with Crippen LogP contribution in [0, 0.1) is 0 Å². The van der Waals surface area contributed by atoms with Crippen LogP contribution in [0.4, 0.5) is 5.69 Å². The highest BCUT2D eigenvalue weighted by Gasteiger charge is 1.99. The van der Waals surface area contributed by atoms with E-state index in [0.717, 1.165) is 29.8 Å². The Bertz CT molecular complexity index is 709. The molecule has 0 aliphatic rings. The van der Waals surface area contributed by atoms with Crippen LogP contribution in [0.2, 0.25) is 10.0 Å². The van der Waals surface area contributed by atoms with E-state index in [2.05, 4.69) is 17.5 Å². The van der Waals surface area contributed by atoms with Crippen LogP contribution in [0.5, 0.6) is 0 Å².